The van der Waals surface area contributed by atoms with Gasteiger partial charge in [-0.1, -0.05) is 30.3 Å². The fraction of sp³-hybridized carbons (Fsp3) is 0.333. The minimum absolute atomic E-state index is 0.181. The first-order valence-corrected chi connectivity index (χ1v) is 9.35. The summed E-state index contributed by atoms with van der Waals surface area (Å²) in [6, 6.07) is 11.5. The van der Waals surface area contributed by atoms with E-state index in [1.807, 2.05) is 30.3 Å². The van der Waals surface area contributed by atoms with Crippen LogP contribution >= 0.6 is 0 Å². The molecule has 3 rings (SSSR count). The molecule has 1 saturated heterocycles. The van der Waals surface area contributed by atoms with E-state index < -0.39 is 12.1 Å². The minimum atomic E-state index is -0.746. The first kappa shape index (κ1) is 19.5. The summed E-state index contributed by atoms with van der Waals surface area (Å²) in [5, 5.41) is 5.58. The highest BCUT2D eigenvalue weighted by Gasteiger charge is 2.31. The standard InChI is InChI=1S/C21H24N4O3/c1-25(21(28)16-9-5-11-22-14-16)18(13-15-7-3-2-4-8-15)20(27)24-17-10-6-12-23-19(17)26/h2-5,7-9,11,14,17-18H,6,10,12-13H2,1H3,(H,23,26)(H,24,27)/t17-,18-/m0/s1. The molecule has 2 atom stereocenters. The zero-order valence-electron chi connectivity index (χ0n) is 15.8. The molecule has 146 valence electrons. The molecule has 1 aromatic carbocycles. The fourth-order valence-corrected chi connectivity index (χ4v) is 3.26. The van der Waals surface area contributed by atoms with Gasteiger partial charge in [0.05, 0.1) is 5.56 Å². The van der Waals surface area contributed by atoms with Gasteiger partial charge in [-0.25, -0.2) is 0 Å². The summed E-state index contributed by atoms with van der Waals surface area (Å²) in [6.07, 6.45) is 4.82. The molecule has 2 N–H and O–H groups in total. The molecule has 0 radical (unpaired) electrons. The van der Waals surface area contributed by atoms with E-state index in [1.54, 1.807) is 25.4 Å². The Hall–Kier alpha value is -3.22. The Morgan fingerprint density at radius 3 is 2.71 bits per heavy atom. The van der Waals surface area contributed by atoms with Crippen LogP contribution in [-0.4, -0.2) is 53.3 Å². The lowest BCUT2D eigenvalue weighted by Gasteiger charge is -2.30. The van der Waals surface area contributed by atoms with Crippen molar-refractivity contribution in [2.45, 2.75) is 31.3 Å². The van der Waals surface area contributed by atoms with Crippen molar-refractivity contribution in [1.29, 1.82) is 0 Å². The number of aromatic nitrogens is 1. The third kappa shape index (κ3) is 4.73. The smallest absolute Gasteiger partial charge is 0.255 e. The maximum atomic E-state index is 13.0. The maximum absolute atomic E-state index is 13.0. The van der Waals surface area contributed by atoms with Crippen LogP contribution in [0, 0.1) is 0 Å². The number of nitrogens with one attached hydrogen (secondary N) is 2. The van der Waals surface area contributed by atoms with Gasteiger partial charge >= 0.3 is 0 Å². The summed E-state index contributed by atoms with van der Waals surface area (Å²) in [6.45, 7) is 0.623. The maximum Gasteiger partial charge on any atom is 0.255 e. The van der Waals surface area contributed by atoms with Crippen molar-refractivity contribution in [3.05, 3.63) is 66.0 Å². The first-order chi connectivity index (χ1) is 13.6. The summed E-state index contributed by atoms with van der Waals surface area (Å²) in [5.74, 6) is -0.817. The van der Waals surface area contributed by atoms with Gasteiger partial charge in [-0.2, -0.15) is 0 Å². The van der Waals surface area contributed by atoms with Crippen molar-refractivity contribution >= 4 is 17.7 Å². The van der Waals surface area contributed by atoms with E-state index in [0.29, 0.717) is 24.9 Å². The lowest BCUT2D eigenvalue weighted by molar-refractivity contribution is -0.132. The Morgan fingerprint density at radius 2 is 2.04 bits per heavy atom. The number of carbonyl (C=O) groups is 3. The molecule has 28 heavy (non-hydrogen) atoms. The molecular formula is C21H24N4O3. The number of nitrogens with zero attached hydrogens (tertiary/aromatic N) is 2. The molecule has 1 aliphatic heterocycles. The van der Waals surface area contributed by atoms with Gasteiger partial charge in [-0.15, -0.1) is 0 Å². The predicted octanol–water partition coefficient (Wildman–Crippen LogP) is 1.16. The Balaban J connectivity index is 1.80. The molecular weight excluding hydrogens is 356 g/mol. The SMILES string of the molecule is CN(C(=O)c1cccnc1)[C@@H](Cc1ccccc1)C(=O)N[C@H]1CCCNC1=O. The zero-order chi connectivity index (χ0) is 19.9. The van der Waals surface area contributed by atoms with Crippen LogP contribution in [0.25, 0.3) is 0 Å². The lowest BCUT2D eigenvalue weighted by Crippen LogP contribution is -2.56. The molecule has 7 heteroatoms. The van der Waals surface area contributed by atoms with E-state index in [-0.39, 0.29) is 17.7 Å². The Morgan fingerprint density at radius 1 is 1.25 bits per heavy atom. The fourth-order valence-electron chi connectivity index (χ4n) is 3.26. The number of hydrogen-bond acceptors (Lipinski definition) is 4. The van der Waals surface area contributed by atoms with Gasteiger partial charge in [-0.05, 0) is 30.5 Å². The molecule has 7 nitrogen and oxygen atoms in total. The number of carbonyl (C=O) groups excluding carboxylic acids is 3. The normalized spacial score (nSPS) is 17.3. The van der Waals surface area contributed by atoms with Crippen LogP contribution < -0.4 is 10.6 Å². The van der Waals surface area contributed by atoms with Crippen molar-refractivity contribution in [2.75, 3.05) is 13.6 Å². The highest BCUT2D eigenvalue weighted by molar-refractivity contribution is 5.98. The molecule has 0 spiro atoms. The summed E-state index contributed by atoms with van der Waals surface area (Å²) in [5.41, 5.74) is 1.34. The molecule has 1 fully saturated rings. The summed E-state index contributed by atoms with van der Waals surface area (Å²) in [7, 11) is 1.60. The van der Waals surface area contributed by atoms with E-state index in [1.165, 1.54) is 11.1 Å². The highest BCUT2D eigenvalue weighted by Crippen LogP contribution is 2.13. The second kappa shape index (κ2) is 9.12. The minimum Gasteiger partial charge on any atom is -0.354 e. The van der Waals surface area contributed by atoms with Crippen LogP contribution in [0.15, 0.2) is 54.9 Å². The average molecular weight is 380 g/mol. The van der Waals surface area contributed by atoms with Crippen LogP contribution in [-0.2, 0) is 16.0 Å². The van der Waals surface area contributed by atoms with Crippen LogP contribution in [0.4, 0.5) is 0 Å². The summed E-state index contributed by atoms with van der Waals surface area (Å²) in [4.78, 5) is 43.3. The molecule has 0 unspecified atom stereocenters. The number of benzene rings is 1. The molecule has 1 aromatic heterocycles. The van der Waals surface area contributed by atoms with Gasteiger partial charge < -0.3 is 15.5 Å². The molecule has 1 aliphatic rings. The first-order valence-electron chi connectivity index (χ1n) is 9.35. The quantitative estimate of drug-likeness (QED) is 0.787. The third-order valence-corrected chi connectivity index (χ3v) is 4.87. The number of piperidine rings is 1. The van der Waals surface area contributed by atoms with Crippen molar-refractivity contribution in [2.24, 2.45) is 0 Å². The largest absolute Gasteiger partial charge is 0.354 e. The summed E-state index contributed by atoms with van der Waals surface area (Å²) < 4.78 is 0. The molecule has 2 heterocycles. The second-order valence-electron chi connectivity index (χ2n) is 6.86. The van der Waals surface area contributed by atoms with Crippen LogP contribution in [0.5, 0.6) is 0 Å². The summed E-state index contributed by atoms with van der Waals surface area (Å²) >= 11 is 0. The van der Waals surface area contributed by atoms with E-state index >= 15 is 0 Å². The highest BCUT2D eigenvalue weighted by atomic mass is 16.2. The number of likely N-dealkylation sites (N-methyl/N-ethyl adjacent to an activating group) is 1. The monoisotopic (exact) mass is 380 g/mol. The molecule has 0 aliphatic carbocycles. The number of rotatable bonds is 6. The number of hydrogen-bond donors (Lipinski definition) is 2. The van der Waals surface area contributed by atoms with Gasteiger partial charge in [0.2, 0.25) is 11.8 Å². The second-order valence-corrected chi connectivity index (χ2v) is 6.86. The zero-order valence-corrected chi connectivity index (χ0v) is 15.8. The number of amides is 3. The van der Waals surface area contributed by atoms with E-state index in [9.17, 15) is 14.4 Å². The van der Waals surface area contributed by atoms with Gasteiger partial charge in [0, 0.05) is 32.4 Å². The molecule has 0 saturated carbocycles. The van der Waals surface area contributed by atoms with Crippen LogP contribution in [0.1, 0.15) is 28.8 Å². The van der Waals surface area contributed by atoms with E-state index in [2.05, 4.69) is 15.6 Å². The predicted molar refractivity (Wildman–Crippen MR) is 104 cm³/mol. The Labute approximate surface area is 164 Å². The third-order valence-electron chi connectivity index (χ3n) is 4.87. The van der Waals surface area contributed by atoms with Crippen LogP contribution in [0.3, 0.4) is 0 Å². The molecule has 3 amide bonds. The lowest BCUT2D eigenvalue weighted by atomic mass is 10.0. The van der Waals surface area contributed by atoms with Crippen molar-refractivity contribution in [1.82, 2.24) is 20.5 Å². The topological polar surface area (TPSA) is 91.4 Å². The molecule has 0 bridgehead atoms. The Kier molecular flexibility index (Phi) is 6.37. The van der Waals surface area contributed by atoms with Gasteiger partial charge in [0.1, 0.15) is 12.1 Å². The van der Waals surface area contributed by atoms with E-state index in [0.717, 1.165) is 12.0 Å². The van der Waals surface area contributed by atoms with Crippen molar-refractivity contribution in [3.63, 3.8) is 0 Å². The Bertz CT molecular complexity index is 826. The number of pyridine rings is 1. The van der Waals surface area contributed by atoms with E-state index in [4.69, 9.17) is 0 Å². The van der Waals surface area contributed by atoms with Crippen molar-refractivity contribution < 1.29 is 14.4 Å². The van der Waals surface area contributed by atoms with Gasteiger partial charge in [-0.3, -0.25) is 19.4 Å². The average Bonchev–Trinajstić information content (AvgIpc) is 2.74. The van der Waals surface area contributed by atoms with Crippen LogP contribution in [0.2, 0.25) is 0 Å². The van der Waals surface area contributed by atoms with Gasteiger partial charge in [0.15, 0.2) is 0 Å². The molecule has 2 aromatic rings. The van der Waals surface area contributed by atoms with Crippen molar-refractivity contribution in [3.8, 4) is 0 Å². The van der Waals surface area contributed by atoms with Gasteiger partial charge in [0.25, 0.3) is 5.91 Å².